The molecule has 1 aromatic heterocycles. The fraction of sp³-hybridized carbons (Fsp3) is 0.769. The summed E-state index contributed by atoms with van der Waals surface area (Å²) in [4.78, 5) is 14.3. The third kappa shape index (κ3) is 4.49. The molecule has 1 aliphatic rings. The minimum atomic E-state index is -0.103. The summed E-state index contributed by atoms with van der Waals surface area (Å²) in [6.45, 7) is 5.46. The van der Waals surface area contributed by atoms with Crippen LogP contribution < -0.4 is 5.32 Å². The summed E-state index contributed by atoms with van der Waals surface area (Å²) >= 11 is 1.70. The number of amides is 1. The van der Waals surface area contributed by atoms with Gasteiger partial charge >= 0.3 is 0 Å². The lowest BCUT2D eigenvalue weighted by molar-refractivity contribution is -0.119. The molecule has 0 aromatic carbocycles. The lowest BCUT2D eigenvalue weighted by Crippen LogP contribution is -2.30. The van der Waals surface area contributed by atoms with Crippen molar-refractivity contribution in [2.75, 3.05) is 31.1 Å². The number of carbonyl (C=O) groups excluding carboxylic acids is 1. The Labute approximate surface area is 124 Å². The van der Waals surface area contributed by atoms with Crippen LogP contribution in [0.15, 0.2) is 6.33 Å². The van der Waals surface area contributed by atoms with Gasteiger partial charge in [-0.05, 0) is 32.9 Å². The number of aryl methyl sites for hydroxylation is 1. The fourth-order valence-corrected chi connectivity index (χ4v) is 3.20. The molecule has 20 heavy (non-hydrogen) atoms. The summed E-state index contributed by atoms with van der Waals surface area (Å²) in [7, 11) is 1.88. The SMILES string of the molecule is C[C@H](NC(=O)CSCCN1CCCC1)c1nncn1C. The number of likely N-dealkylation sites (tertiary alicyclic amines) is 1. The summed E-state index contributed by atoms with van der Waals surface area (Å²) in [6.07, 6.45) is 4.28. The van der Waals surface area contributed by atoms with Gasteiger partial charge in [0.15, 0.2) is 5.82 Å². The van der Waals surface area contributed by atoms with Gasteiger partial charge in [0.05, 0.1) is 11.8 Å². The van der Waals surface area contributed by atoms with E-state index in [2.05, 4.69) is 20.4 Å². The highest BCUT2D eigenvalue weighted by Crippen LogP contribution is 2.10. The molecule has 1 aliphatic heterocycles. The quantitative estimate of drug-likeness (QED) is 0.755. The number of carbonyl (C=O) groups is 1. The first-order chi connectivity index (χ1) is 9.66. The van der Waals surface area contributed by atoms with Gasteiger partial charge in [-0.3, -0.25) is 4.79 Å². The van der Waals surface area contributed by atoms with Gasteiger partial charge in [-0.15, -0.1) is 10.2 Å². The zero-order valence-electron chi connectivity index (χ0n) is 12.2. The Hall–Kier alpha value is -1.08. The van der Waals surface area contributed by atoms with Crippen molar-refractivity contribution in [1.29, 1.82) is 0 Å². The summed E-state index contributed by atoms with van der Waals surface area (Å²) < 4.78 is 1.82. The van der Waals surface area contributed by atoms with Gasteiger partial charge in [0.25, 0.3) is 0 Å². The molecule has 1 aromatic rings. The van der Waals surface area contributed by atoms with E-state index >= 15 is 0 Å². The van der Waals surface area contributed by atoms with Crippen LogP contribution in [0.25, 0.3) is 0 Å². The minimum Gasteiger partial charge on any atom is -0.346 e. The van der Waals surface area contributed by atoms with Crippen molar-refractivity contribution in [1.82, 2.24) is 25.0 Å². The molecular weight excluding hydrogens is 274 g/mol. The van der Waals surface area contributed by atoms with Crippen LogP contribution in [0, 0.1) is 0 Å². The number of hydrogen-bond donors (Lipinski definition) is 1. The van der Waals surface area contributed by atoms with Crippen molar-refractivity contribution in [2.45, 2.75) is 25.8 Å². The molecule has 2 heterocycles. The zero-order chi connectivity index (χ0) is 14.4. The Morgan fingerprint density at radius 3 is 2.90 bits per heavy atom. The normalized spacial score (nSPS) is 17.3. The van der Waals surface area contributed by atoms with Gasteiger partial charge in [0.1, 0.15) is 6.33 Å². The van der Waals surface area contributed by atoms with Crippen LogP contribution in [-0.2, 0) is 11.8 Å². The van der Waals surface area contributed by atoms with E-state index in [9.17, 15) is 4.79 Å². The van der Waals surface area contributed by atoms with Crippen LogP contribution >= 0.6 is 11.8 Å². The average molecular weight is 297 g/mol. The lowest BCUT2D eigenvalue weighted by Gasteiger charge is -2.15. The third-order valence-electron chi connectivity index (χ3n) is 3.49. The van der Waals surface area contributed by atoms with E-state index in [0.29, 0.717) is 5.75 Å². The number of hydrogen-bond acceptors (Lipinski definition) is 5. The summed E-state index contributed by atoms with van der Waals surface area (Å²) in [5.41, 5.74) is 0. The molecule has 0 spiro atoms. The van der Waals surface area contributed by atoms with E-state index < -0.39 is 0 Å². The second-order valence-electron chi connectivity index (χ2n) is 5.19. The fourth-order valence-electron chi connectivity index (χ4n) is 2.40. The van der Waals surface area contributed by atoms with Gasteiger partial charge in [0, 0.05) is 19.3 Å². The van der Waals surface area contributed by atoms with Gasteiger partial charge in [0.2, 0.25) is 5.91 Å². The molecule has 6 nitrogen and oxygen atoms in total. The highest BCUT2D eigenvalue weighted by atomic mass is 32.2. The van der Waals surface area contributed by atoms with Crippen molar-refractivity contribution in [3.05, 3.63) is 12.2 Å². The molecule has 0 bridgehead atoms. The molecule has 1 saturated heterocycles. The zero-order valence-corrected chi connectivity index (χ0v) is 13.0. The Bertz CT molecular complexity index is 430. The van der Waals surface area contributed by atoms with Crippen LogP contribution in [0.1, 0.15) is 31.6 Å². The molecule has 1 N–H and O–H groups in total. The van der Waals surface area contributed by atoms with E-state index in [4.69, 9.17) is 0 Å². The first-order valence-corrected chi connectivity index (χ1v) is 8.25. The van der Waals surface area contributed by atoms with E-state index in [1.807, 2.05) is 18.5 Å². The molecule has 2 rings (SSSR count). The highest BCUT2D eigenvalue weighted by molar-refractivity contribution is 7.99. The van der Waals surface area contributed by atoms with Crippen molar-refractivity contribution >= 4 is 17.7 Å². The number of thioether (sulfide) groups is 1. The van der Waals surface area contributed by atoms with Gasteiger partial charge in [-0.25, -0.2) is 0 Å². The van der Waals surface area contributed by atoms with Crippen molar-refractivity contribution in [2.24, 2.45) is 7.05 Å². The van der Waals surface area contributed by atoms with Gasteiger partial charge < -0.3 is 14.8 Å². The standard InChI is InChI=1S/C13H23N5OS/c1-11(13-16-14-10-17(13)2)15-12(19)9-20-8-7-18-5-3-4-6-18/h10-11H,3-9H2,1-2H3,(H,15,19)/t11-/m0/s1. The predicted molar refractivity (Wildman–Crippen MR) is 80.6 cm³/mol. The Balaban J connectivity index is 1.61. The van der Waals surface area contributed by atoms with Crippen molar-refractivity contribution in [3.8, 4) is 0 Å². The molecule has 1 amide bonds. The maximum atomic E-state index is 11.9. The lowest BCUT2D eigenvalue weighted by atomic mass is 10.3. The number of rotatable bonds is 7. The van der Waals surface area contributed by atoms with E-state index in [0.717, 1.165) is 18.1 Å². The van der Waals surface area contributed by atoms with Crippen molar-refractivity contribution < 1.29 is 4.79 Å². The second kappa shape index (κ2) is 7.64. The Kier molecular flexibility index (Phi) is 5.85. The number of nitrogens with zero attached hydrogens (tertiary/aromatic N) is 4. The van der Waals surface area contributed by atoms with E-state index in [-0.39, 0.29) is 11.9 Å². The maximum Gasteiger partial charge on any atom is 0.230 e. The molecule has 112 valence electrons. The molecule has 0 saturated carbocycles. The van der Waals surface area contributed by atoms with Gasteiger partial charge in [-0.2, -0.15) is 11.8 Å². The summed E-state index contributed by atoms with van der Waals surface area (Å²) in [5, 5.41) is 10.8. The minimum absolute atomic E-state index is 0.0620. The monoisotopic (exact) mass is 297 g/mol. The number of aromatic nitrogens is 3. The average Bonchev–Trinajstić information content (AvgIpc) is 3.05. The van der Waals surface area contributed by atoms with Crippen LogP contribution in [0.2, 0.25) is 0 Å². The van der Waals surface area contributed by atoms with Crippen molar-refractivity contribution in [3.63, 3.8) is 0 Å². The van der Waals surface area contributed by atoms with Gasteiger partial charge in [-0.1, -0.05) is 0 Å². The third-order valence-corrected chi connectivity index (χ3v) is 4.43. The van der Waals surface area contributed by atoms with Crippen LogP contribution in [0.4, 0.5) is 0 Å². The smallest absolute Gasteiger partial charge is 0.230 e. The van der Waals surface area contributed by atoms with Crippen LogP contribution in [0.5, 0.6) is 0 Å². The van der Waals surface area contributed by atoms with Crippen LogP contribution in [-0.4, -0.2) is 56.7 Å². The molecule has 0 aliphatic carbocycles. The Morgan fingerprint density at radius 1 is 1.50 bits per heavy atom. The predicted octanol–water partition coefficient (Wildman–Crippen LogP) is 0.821. The maximum absolute atomic E-state index is 11.9. The summed E-state index contributed by atoms with van der Waals surface area (Å²) in [5.74, 6) is 2.37. The van der Waals surface area contributed by atoms with E-state index in [1.165, 1.54) is 25.9 Å². The highest BCUT2D eigenvalue weighted by Gasteiger charge is 2.14. The molecular formula is C13H23N5OS. The molecule has 0 unspecified atom stereocenters. The van der Waals surface area contributed by atoms with Crippen LogP contribution in [0.3, 0.4) is 0 Å². The first-order valence-electron chi connectivity index (χ1n) is 7.10. The topological polar surface area (TPSA) is 63.1 Å². The number of nitrogens with one attached hydrogen (secondary N) is 1. The summed E-state index contributed by atoms with van der Waals surface area (Å²) in [6, 6.07) is -0.103. The largest absolute Gasteiger partial charge is 0.346 e. The molecule has 1 fully saturated rings. The second-order valence-corrected chi connectivity index (χ2v) is 6.30. The molecule has 7 heteroatoms. The van der Waals surface area contributed by atoms with E-state index in [1.54, 1.807) is 18.1 Å². The molecule has 0 radical (unpaired) electrons. The first kappa shape index (κ1) is 15.3. The molecule has 1 atom stereocenters. The Morgan fingerprint density at radius 2 is 2.25 bits per heavy atom.